The maximum atomic E-state index is 11.5. The third-order valence-electron chi connectivity index (χ3n) is 2.27. The molecule has 5 nitrogen and oxygen atoms in total. The van der Waals surface area contributed by atoms with Crippen molar-refractivity contribution in [3.05, 3.63) is 17.5 Å². The van der Waals surface area contributed by atoms with Gasteiger partial charge in [0.05, 0.1) is 12.2 Å². The molecule has 96 valence electrons. The van der Waals surface area contributed by atoms with E-state index in [1.165, 1.54) is 0 Å². The average molecular weight is 239 g/mol. The molecule has 1 heterocycles. The van der Waals surface area contributed by atoms with Crippen LogP contribution in [0.5, 0.6) is 0 Å². The molecule has 1 aromatic heterocycles. The van der Waals surface area contributed by atoms with Crippen molar-refractivity contribution in [1.82, 2.24) is 15.8 Å². The minimum Gasteiger partial charge on any atom is -0.359 e. The lowest BCUT2D eigenvalue weighted by atomic mass is 10.2. The highest BCUT2D eigenvalue weighted by Crippen LogP contribution is 2.01. The summed E-state index contributed by atoms with van der Waals surface area (Å²) in [5.74, 6) is 0.737. The fourth-order valence-corrected chi connectivity index (χ4v) is 1.41. The first-order valence-corrected chi connectivity index (χ1v) is 6.00. The fraction of sp³-hybridized carbons (Fsp3) is 0.667. The van der Waals surface area contributed by atoms with Gasteiger partial charge in [0, 0.05) is 18.5 Å². The highest BCUT2D eigenvalue weighted by atomic mass is 16.5. The minimum absolute atomic E-state index is 0.0459. The van der Waals surface area contributed by atoms with Crippen molar-refractivity contribution in [1.29, 1.82) is 0 Å². The zero-order valence-electron chi connectivity index (χ0n) is 10.7. The highest BCUT2D eigenvalue weighted by molar-refractivity contribution is 5.75. The van der Waals surface area contributed by atoms with E-state index in [4.69, 9.17) is 4.52 Å². The third kappa shape index (κ3) is 6.06. The van der Waals surface area contributed by atoms with E-state index in [-0.39, 0.29) is 5.91 Å². The lowest BCUT2D eigenvalue weighted by Crippen LogP contribution is -2.26. The fourth-order valence-electron chi connectivity index (χ4n) is 1.41. The normalized spacial score (nSPS) is 10.8. The molecule has 0 aliphatic heterocycles. The number of aryl methyl sites for hydroxylation is 1. The number of amides is 1. The maximum absolute atomic E-state index is 11.5. The second kappa shape index (κ2) is 7.06. The summed E-state index contributed by atoms with van der Waals surface area (Å²) in [6.07, 6.45) is 1.38. The van der Waals surface area contributed by atoms with Crippen LogP contribution in [0.2, 0.25) is 0 Å². The molecular weight excluding hydrogens is 218 g/mol. The van der Waals surface area contributed by atoms with Crippen LogP contribution in [0.3, 0.4) is 0 Å². The van der Waals surface area contributed by atoms with Crippen molar-refractivity contribution in [2.75, 3.05) is 6.54 Å². The Hall–Kier alpha value is -1.36. The van der Waals surface area contributed by atoms with Gasteiger partial charge in [0.1, 0.15) is 0 Å². The first-order chi connectivity index (χ1) is 8.08. The predicted octanol–water partition coefficient (Wildman–Crippen LogP) is 1.38. The first-order valence-electron chi connectivity index (χ1n) is 6.00. The average Bonchev–Trinajstić information content (AvgIpc) is 2.67. The van der Waals surface area contributed by atoms with Crippen LogP contribution in [-0.2, 0) is 11.3 Å². The number of aromatic nitrogens is 1. The van der Waals surface area contributed by atoms with E-state index in [1.807, 2.05) is 13.0 Å². The van der Waals surface area contributed by atoms with Gasteiger partial charge < -0.3 is 15.2 Å². The van der Waals surface area contributed by atoms with Crippen LogP contribution < -0.4 is 10.6 Å². The number of hydrogen-bond acceptors (Lipinski definition) is 4. The summed E-state index contributed by atoms with van der Waals surface area (Å²) in [6.45, 7) is 7.31. The van der Waals surface area contributed by atoms with E-state index < -0.39 is 0 Å². The van der Waals surface area contributed by atoms with Crippen LogP contribution in [-0.4, -0.2) is 23.7 Å². The molecule has 1 amide bonds. The summed E-state index contributed by atoms with van der Waals surface area (Å²) in [4.78, 5) is 11.5. The Kier molecular flexibility index (Phi) is 5.69. The Labute approximate surface area is 102 Å². The number of nitrogens with zero attached hydrogens (tertiary/aromatic N) is 1. The molecule has 5 heteroatoms. The Balaban J connectivity index is 2.09. The van der Waals surface area contributed by atoms with Crippen molar-refractivity contribution in [3.63, 3.8) is 0 Å². The molecular formula is C12H21N3O2. The predicted molar refractivity (Wildman–Crippen MR) is 65.5 cm³/mol. The summed E-state index contributed by atoms with van der Waals surface area (Å²) in [5, 5.41) is 9.82. The summed E-state index contributed by atoms with van der Waals surface area (Å²) in [7, 11) is 0. The molecule has 0 unspecified atom stereocenters. The minimum atomic E-state index is 0.0459. The lowest BCUT2D eigenvalue weighted by Gasteiger charge is -2.07. The number of carbonyl (C=O) groups excluding carboxylic acids is 1. The van der Waals surface area contributed by atoms with E-state index in [2.05, 4.69) is 29.6 Å². The molecule has 0 fully saturated rings. The Bertz CT molecular complexity index is 347. The van der Waals surface area contributed by atoms with Gasteiger partial charge >= 0.3 is 0 Å². The van der Waals surface area contributed by atoms with E-state index in [0.717, 1.165) is 18.7 Å². The Morgan fingerprint density at radius 2 is 2.29 bits per heavy atom. The molecule has 0 aliphatic rings. The van der Waals surface area contributed by atoms with Gasteiger partial charge in [-0.1, -0.05) is 19.0 Å². The maximum Gasteiger partial charge on any atom is 0.220 e. The molecule has 0 spiro atoms. The standard InChI is InChI=1S/C12H21N3O2/c1-9(2)13-6-4-5-12(16)14-8-11-7-10(3)15-17-11/h7,9,13H,4-6,8H2,1-3H3,(H,14,16). The van der Waals surface area contributed by atoms with Gasteiger partial charge in [0.2, 0.25) is 5.91 Å². The topological polar surface area (TPSA) is 67.2 Å². The van der Waals surface area contributed by atoms with Gasteiger partial charge in [-0.15, -0.1) is 0 Å². The van der Waals surface area contributed by atoms with E-state index in [9.17, 15) is 4.79 Å². The summed E-state index contributed by atoms with van der Waals surface area (Å²) in [6, 6.07) is 2.29. The monoisotopic (exact) mass is 239 g/mol. The van der Waals surface area contributed by atoms with Gasteiger partial charge in [-0.25, -0.2) is 0 Å². The van der Waals surface area contributed by atoms with Gasteiger partial charge in [-0.3, -0.25) is 4.79 Å². The quantitative estimate of drug-likeness (QED) is 0.705. The number of nitrogens with one attached hydrogen (secondary N) is 2. The van der Waals surface area contributed by atoms with Crippen LogP contribution in [0.1, 0.15) is 38.1 Å². The zero-order valence-corrected chi connectivity index (χ0v) is 10.7. The molecule has 1 rings (SSSR count). The van der Waals surface area contributed by atoms with Crippen molar-refractivity contribution >= 4 is 5.91 Å². The van der Waals surface area contributed by atoms with Gasteiger partial charge in [-0.2, -0.15) is 0 Å². The van der Waals surface area contributed by atoms with Gasteiger partial charge in [0.15, 0.2) is 5.76 Å². The molecule has 0 saturated heterocycles. The van der Waals surface area contributed by atoms with E-state index in [1.54, 1.807) is 0 Å². The van der Waals surface area contributed by atoms with Crippen molar-refractivity contribution in [2.45, 2.75) is 46.2 Å². The second-order valence-electron chi connectivity index (χ2n) is 4.42. The number of hydrogen-bond donors (Lipinski definition) is 2. The molecule has 0 radical (unpaired) electrons. The molecule has 1 aromatic rings. The SMILES string of the molecule is Cc1cc(CNC(=O)CCCNC(C)C)on1. The Morgan fingerprint density at radius 1 is 1.53 bits per heavy atom. The number of carbonyl (C=O) groups is 1. The van der Waals surface area contributed by atoms with Crippen LogP contribution in [0.4, 0.5) is 0 Å². The lowest BCUT2D eigenvalue weighted by molar-refractivity contribution is -0.121. The van der Waals surface area contributed by atoms with E-state index in [0.29, 0.717) is 24.8 Å². The van der Waals surface area contributed by atoms with Crippen LogP contribution in [0, 0.1) is 6.92 Å². The highest BCUT2D eigenvalue weighted by Gasteiger charge is 2.04. The zero-order chi connectivity index (χ0) is 12.7. The van der Waals surface area contributed by atoms with Gasteiger partial charge in [0.25, 0.3) is 0 Å². The Morgan fingerprint density at radius 3 is 2.88 bits per heavy atom. The molecule has 2 N–H and O–H groups in total. The molecule has 17 heavy (non-hydrogen) atoms. The molecule has 0 atom stereocenters. The second-order valence-corrected chi connectivity index (χ2v) is 4.42. The van der Waals surface area contributed by atoms with E-state index >= 15 is 0 Å². The molecule has 0 aliphatic carbocycles. The van der Waals surface area contributed by atoms with Crippen LogP contribution >= 0.6 is 0 Å². The number of rotatable bonds is 7. The van der Waals surface area contributed by atoms with Crippen molar-refractivity contribution in [2.24, 2.45) is 0 Å². The van der Waals surface area contributed by atoms with Crippen molar-refractivity contribution in [3.8, 4) is 0 Å². The molecule has 0 saturated carbocycles. The summed E-state index contributed by atoms with van der Waals surface area (Å²) in [5.41, 5.74) is 0.829. The van der Waals surface area contributed by atoms with Crippen LogP contribution in [0.15, 0.2) is 10.6 Å². The molecule has 0 bridgehead atoms. The first kappa shape index (κ1) is 13.7. The summed E-state index contributed by atoms with van der Waals surface area (Å²) >= 11 is 0. The largest absolute Gasteiger partial charge is 0.359 e. The van der Waals surface area contributed by atoms with Crippen molar-refractivity contribution < 1.29 is 9.32 Å². The van der Waals surface area contributed by atoms with Crippen LogP contribution in [0.25, 0.3) is 0 Å². The summed E-state index contributed by atoms with van der Waals surface area (Å²) < 4.78 is 4.99. The molecule has 0 aromatic carbocycles. The van der Waals surface area contributed by atoms with Gasteiger partial charge in [-0.05, 0) is 19.9 Å². The third-order valence-corrected chi connectivity index (χ3v) is 2.27. The smallest absolute Gasteiger partial charge is 0.220 e.